The van der Waals surface area contributed by atoms with E-state index in [-0.39, 0.29) is 34.0 Å². The molecular weight excluding hydrogens is 493 g/mol. The maximum absolute atomic E-state index is 13.4. The molecule has 0 saturated heterocycles. The number of rotatable bonds is 7. The lowest BCUT2D eigenvalue weighted by Gasteiger charge is -2.19. The van der Waals surface area contributed by atoms with E-state index in [2.05, 4.69) is 5.32 Å². The van der Waals surface area contributed by atoms with E-state index in [0.29, 0.717) is 17.8 Å². The van der Waals surface area contributed by atoms with Crippen LogP contribution < -0.4 is 10.7 Å². The van der Waals surface area contributed by atoms with Crippen LogP contribution in [0, 0.1) is 12.8 Å². The molecule has 1 N–H and O–H groups in total. The molecule has 0 unspecified atom stereocenters. The van der Waals surface area contributed by atoms with Crippen LogP contribution in [-0.4, -0.2) is 25.1 Å². The zero-order chi connectivity index (χ0) is 26.8. The normalized spacial score (nSPS) is 12.1. The minimum Gasteiger partial charge on any atom is -0.350 e. The lowest BCUT2D eigenvalue weighted by molar-refractivity contribution is -0.137. The van der Waals surface area contributed by atoms with Crippen LogP contribution >= 0.6 is 0 Å². The van der Waals surface area contributed by atoms with E-state index >= 15 is 0 Å². The van der Waals surface area contributed by atoms with Crippen molar-refractivity contribution in [2.45, 2.75) is 44.9 Å². The molecule has 0 fully saturated rings. The first-order valence-electron chi connectivity index (χ1n) is 11.2. The van der Waals surface area contributed by atoms with Crippen LogP contribution in [0.3, 0.4) is 0 Å². The van der Waals surface area contributed by atoms with Crippen molar-refractivity contribution >= 4 is 15.7 Å². The van der Waals surface area contributed by atoms with Crippen LogP contribution in [0.5, 0.6) is 0 Å². The highest BCUT2D eigenvalue weighted by atomic mass is 32.2. The number of hydrogen-bond acceptors (Lipinski definition) is 4. The second kappa shape index (κ2) is 10.3. The Morgan fingerprint density at radius 3 is 2.28 bits per heavy atom. The Labute approximate surface area is 207 Å². The van der Waals surface area contributed by atoms with Crippen LogP contribution in [0.4, 0.5) is 13.2 Å². The summed E-state index contributed by atoms with van der Waals surface area (Å²) in [6.07, 6.45) is -2.06. The highest BCUT2D eigenvalue weighted by molar-refractivity contribution is 7.90. The van der Waals surface area contributed by atoms with Gasteiger partial charge in [0.1, 0.15) is 5.56 Å². The number of amides is 1. The summed E-state index contributed by atoms with van der Waals surface area (Å²) in [5, 5.41) is 2.65. The molecule has 0 spiro atoms. The Hall–Kier alpha value is -3.40. The SMILES string of the molecule is Cc1c(-c2cccc(C(F)(F)F)c2)c(=O)c(C(=O)NCc2ccc(S(C)(=O)=O)cc2)cn1CC(C)C. The summed E-state index contributed by atoms with van der Waals surface area (Å²) >= 11 is 0. The lowest BCUT2D eigenvalue weighted by Crippen LogP contribution is -2.31. The van der Waals surface area contributed by atoms with Gasteiger partial charge in [-0.05, 0) is 48.2 Å². The Morgan fingerprint density at radius 1 is 1.08 bits per heavy atom. The second-order valence-corrected chi connectivity index (χ2v) is 11.1. The van der Waals surface area contributed by atoms with Gasteiger partial charge in [0.15, 0.2) is 9.84 Å². The van der Waals surface area contributed by atoms with Crippen molar-refractivity contribution in [2.75, 3.05) is 6.26 Å². The highest BCUT2D eigenvalue weighted by Crippen LogP contribution is 2.32. The number of benzene rings is 2. The van der Waals surface area contributed by atoms with Crippen LogP contribution in [0.25, 0.3) is 11.1 Å². The molecule has 10 heteroatoms. The summed E-state index contributed by atoms with van der Waals surface area (Å²) in [4.78, 5) is 26.5. The topological polar surface area (TPSA) is 85.2 Å². The minimum atomic E-state index is -4.58. The number of pyridine rings is 1. The lowest BCUT2D eigenvalue weighted by atomic mass is 9.98. The summed E-state index contributed by atoms with van der Waals surface area (Å²) in [7, 11) is -3.36. The molecular formula is C26H27F3N2O4S. The maximum Gasteiger partial charge on any atom is 0.416 e. The Bertz CT molecular complexity index is 1440. The van der Waals surface area contributed by atoms with Gasteiger partial charge in [0, 0.05) is 36.8 Å². The minimum absolute atomic E-state index is 0.0270. The zero-order valence-electron chi connectivity index (χ0n) is 20.3. The largest absolute Gasteiger partial charge is 0.416 e. The van der Waals surface area contributed by atoms with E-state index in [0.717, 1.165) is 18.4 Å². The van der Waals surface area contributed by atoms with E-state index in [1.165, 1.54) is 30.5 Å². The molecule has 0 aliphatic rings. The predicted octanol–water partition coefficient (Wildman–Crippen LogP) is 4.83. The standard InChI is InChI=1S/C26H27F3N2O4S/c1-16(2)14-31-15-22(25(33)30-13-18-8-10-21(11-9-18)36(4,34)35)24(32)23(17(31)3)19-6-5-7-20(12-19)26(27,28)29/h5-12,15-16H,13-14H2,1-4H3,(H,30,33). The molecule has 0 aliphatic carbocycles. The summed E-state index contributed by atoms with van der Waals surface area (Å²) in [6.45, 7) is 6.01. The first kappa shape index (κ1) is 27.2. The smallest absolute Gasteiger partial charge is 0.350 e. The number of aromatic nitrogens is 1. The van der Waals surface area contributed by atoms with Crippen molar-refractivity contribution in [3.63, 3.8) is 0 Å². The zero-order valence-corrected chi connectivity index (χ0v) is 21.1. The fourth-order valence-electron chi connectivity index (χ4n) is 3.82. The third-order valence-corrected chi connectivity index (χ3v) is 6.77. The van der Waals surface area contributed by atoms with Crippen molar-refractivity contribution < 1.29 is 26.4 Å². The average Bonchev–Trinajstić information content (AvgIpc) is 2.78. The van der Waals surface area contributed by atoms with Crippen LogP contribution in [0.1, 0.15) is 41.0 Å². The number of sulfone groups is 1. The molecule has 2 aromatic carbocycles. The van der Waals surface area contributed by atoms with Crippen molar-refractivity contribution in [1.82, 2.24) is 9.88 Å². The fourth-order valence-corrected chi connectivity index (χ4v) is 4.45. The highest BCUT2D eigenvalue weighted by Gasteiger charge is 2.31. The van der Waals surface area contributed by atoms with Crippen molar-refractivity contribution in [3.8, 4) is 11.1 Å². The van der Waals surface area contributed by atoms with Gasteiger partial charge in [-0.15, -0.1) is 0 Å². The van der Waals surface area contributed by atoms with Gasteiger partial charge in [-0.25, -0.2) is 8.42 Å². The predicted molar refractivity (Wildman–Crippen MR) is 131 cm³/mol. The van der Waals surface area contributed by atoms with Gasteiger partial charge in [0.05, 0.1) is 10.5 Å². The number of alkyl halides is 3. The number of nitrogens with zero attached hydrogens (tertiary/aromatic N) is 1. The summed E-state index contributed by atoms with van der Waals surface area (Å²) in [5.74, 6) is -0.539. The van der Waals surface area contributed by atoms with Crippen molar-refractivity contribution in [1.29, 1.82) is 0 Å². The molecule has 3 aromatic rings. The average molecular weight is 521 g/mol. The number of carbonyl (C=O) groups excluding carboxylic acids is 1. The summed E-state index contributed by atoms with van der Waals surface area (Å²) < 4.78 is 64.9. The van der Waals surface area contributed by atoms with E-state index in [9.17, 15) is 31.2 Å². The summed E-state index contributed by atoms with van der Waals surface area (Å²) in [6, 6.07) is 10.4. The Balaban J connectivity index is 2.01. The van der Waals surface area contributed by atoms with Gasteiger partial charge in [0.25, 0.3) is 5.91 Å². The Kier molecular flexibility index (Phi) is 7.78. The quantitative estimate of drug-likeness (QED) is 0.484. The third-order valence-electron chi connectivity index (χ3n) is 5.64. The molecule has 36 heavy (non-hydrogen) atoms. The molecule has 1 amide bonds. The fraction of sp³-hybridized carbons (Fsp3) is 0.308. The molecule has 0 saturated carbocycles. The second-order valence-electron chi connectivity index (χ2n) is 9.06. The molecule has 192 valence electrons. The molecule has 0 radical (unpaired) electrons. The number of hydrogen-bond donors (Lipinski definition) is 1. The molecule has 6 nitrogen and oxygen atoms in total. The summed E-state index contributed by atoms with van der Waals surface area (Å²) in [5.41, 5.74) is -0.563. The number of halogens is 3. The van der Waals surface area contributed by atoms with Gasteiger partial charge >= 0.3 is 6.18 Å². The van der Waals surface area contributed by atoms with Crippen LogP contribution in [0.2, 0.25) is 0 Å². The third kappa shape index (κ3) is 6.23. The van der Waals surface area contributed by atoms with E-state index < -0.39 is 32.9 Å². The Morgan fingerprint density at radius 2 is 1.72 bits per heavy atom. The maximum atomic E-state index is 13.4. The molecule has 3 rings (SSSR count). The van der Waals surface area contributed by atoms with Crippen LogP contribution in [-0.2, 0) is 29.1 Å². The van der Waals surface area contributed by atoms with E-state index in [4.69, 9.17) is 0 Å². The van der Waals surface area contributed by atoms with Crippen LogP contribution in [0.15, 0.2) is 64.4 Å². The molecule has 1 aromatic heterocycles. The number of nitrogens with one attached hydrogen (secondary N) is 1. The monoisotopic (exact) mass is 520 g/mol. The first-order valence-corrected chi connectivity index (χ1v) is 13.1. The van der Waals surface area contributed by atoms with E-state index in [1.807, 2.05) is 13.8 Å². The van der Waals surface area contributed by atoms with Crippen molar-refractivity contribution in [2.24, 2.45) is 5.92 Å². The first-order chi connectivity index (χ1) is 16.7. The molecule has 1 heterocycles. The molecule has 0 atom stereocenters. The van der Waals surface area contributed by atoms with Gasteiger partial charge in [-0.3, -0.25) is 9.59 Å². The number of carbonyl (C=O) groups is 1. The van der Waals surface area contributed by atoms with Gasteiger partial charge in [0.2, 0.25) is 5.43 Å². The molecule has 0 aliphatic heterocycles. The molecule has 0 bridgehead atoms. The van der Waals surface area contributed by atoms with Gasteiger partial charge in [-0.1, -0.05) is 38.1 Å². The van der Waals surface area contributed by atoms with Crippen molar-refractivity contribution in [3.05, 3.63) is 87.3 Å². The van der Waals surface area contributed by atoms with Gasteiger partial charge < -0.3 is 9.88 Å². The van der Waals surface area contributed by atoms with Gasteiger partial charge in [-0.2, -0.15) is 13.2 Å². The van der Waals surface area contributed by atoms with E-state index in [1.54, 1.807) is 23.6 Å².